The Morgan fingerprint density at radius 1 is 0.800 bits per heavy atom. The molecule has 0 spiro atoms. The average molecular weight is 290 g/mol. The third-order valence-electron chi connectivity index (χ3n) is 3.07. The van der Waals surface area contributed by atoms with Crippen LogP contribution >= 0.6 is 7.82 Å². The summed E-state index contributed by atoms with van der Waals surface area (Å²) in [5, 5.41) is 12.7. The van der Waals surface area contributed by atoms with E-state index in [1.54, 1.807) is 24.3 Å². The number of hydrogen-bond donors (Lipinski definition) is 3. The van der Waals surface area contributed by atoms with Gasteiger partial charge in [0, 0.05) is 10.8 Å². The van der Waals surface area contributed by atoms with E-state index in [4.69, 9.17) is 9.79 Å². The Morgan fingerprint density at radius 3 is 1.80 bits per heavy atom. The Morgan fingerprint density at radius 2 is 1.25 bits per heavy atom. The van der Waals surface area contributed by atoms with E-state index >= 15 is 0 Å². The molecule has 0 saturated carbocycles. The number of phenolic OH excluding ortho intramolecular Hbond substituents is 1. The summed E-state index contributed by atoms with van der Waals surface area (Å²) in [6, 6.07) is 14.0. The van der Waals surface area contributed by atoms with Crippen molar-refractivity contribution in [2.24, 2.45) is 0 Å². The van der Waals surface area contributed by atoms with Crippen LogP contribution in [-0.4, -0.2) is 14.9 Å². The van der Waals surface area contributed by atoms with Gasteiger partial charge in [0.25, 0.3) is 0 Å². The summed E-state index contributed by atoms with van der Waals surface area (Å²) in [5.74, 6) is -0.477. The van der Waals surface area contributed by atoms with E-state index in [2.05, 4.69) is 4.52 Å². The first kappa shape index (κ1) is 12.9. The number of aromatic hydroxyl groups is 1. The summed E-state index contributed by atoms with van der Waals surface area (Å²) in [4.78, 5) is 18.0. The number of hydrogen-bond acceptors (Lipinski definition) is 3. The molecule has 3 aromatic carbocycles. The van der Waals surface area contributed by atoms with Gasteiger partial charge in [-0.05, 0) is 10.8 Å². The molecule has 0 fully saturated rings. The van der Waals surface area contributed by atoms with E-state index in [0.717, 1.165) is 10.8 Å². The summed E-state index contributed by atoms with van der Waals surface area (Å²) in [5.41, 5.74) is 0. The van der Waals surface area contributed by atoms with Crippen LogP contribution in [0.5, 0.6) is 11.5 Å². The smallest absolute Gasteiger partial charge is 0.504 e. The minimum atomic E-state index is -4.76. The molecule has 0 atom stereocenters. The van der Waals surface area contributed by atoms with E-state index in [9.17, 15) is 9.67 Å². The SMILES string of the molecule is O=P(O)(O)Oc1c(O)c2ccccc2c2ccccc12. The predicted molar refractivity (Wildman–Crippen MR) is 75.8 cm³/mol. The van der Waals surface area contributed by atoms with Crippen molar-refractivity contribution < 1.29 is 24.0 Å². The molecule has 6 heteroatoms. The van der Waals surface area contributed by atoms with Gasteiger partial charge >= 0.3 is 7.82 Å². The molecule has 0 aromatic heterocycles. The zero-order valence-corrected chi connectivity index (χ0v) is 11.1. The van der Waals surface area contributed by atoms with Gasteiger partial charge in [0.2, 0.25) is 0 Å². The summed E-state index contributed by atoms with van der Waals surface area (Å²) < 4.78 is 15.8. The van der Waals surface area contributed by atoms with Crippen molar-refractivity contribution in [2.75, 3.05) is 0 Å². The van der Waals surface area contributed by atoms with E-state index in [-0.39, 0.29) is 11.5 Å². The molecule has 0 heterocycles. The van der Waals surface area contributed by atoms with Crippen LogP contribution in [0.4, 0.5) is 0 Å². The highest BCUT2D eigenvalue weighted by Gasteiger charge is 2.22. The van der Waals surface area contributed by atoms with Gasteiger partial charge in [-0.3, -0.25) is 9.79 Å². The average Bonchev–Trinajstić information content (AvgIpc) is 2.42. The van der Waals surface area contributed by atoms with Crippen LogP contribution in [0.1, 0.15) is 0 Å². The molecule has 102 valence electrons. The van der Waals surface area contributed by atoms with Crippen LogP contribution < -0.4 is 4.52 Å². The topological polar surface area (TPSA) is 87.0 Å². The van der Waals surface area contributed by atoms with Crippen LogP contribution in [-0.2, 0) is 4.57 Å². The van der Waals surface area contributed by atoms with Gasteiger partial charge in [-0.2, -0.15) is 0 Å². The van der Waals surface area contributed by atoms with Crippen molar-refractivity contribution in [3.05, 3.63) is 48.5 Å². The molecule has 0 aliphatic rings. The van der Waals surface area contributed by atoms with Crippen LogP contribution in [0.3, 0.4) is 0 Å². The number of phosphoric acid groups is 1. The second-order valence-electron chi connectivity index (χ2n) is 4.35. The first-order valence-corrected chi connectivity index (χ1v) is 7.38. The van der Waals surface area contributed by atoms with Crippen LogP contribution in [0.2, 0.25) is 0 Å². The Hall–Kier alpha value is -2.07. The summed E-state index contributed by atoms with van der Waals surface area (Å²) >= 11 is 0. The molecular formula is C14H11O5P. The lowest BCUT2D eigenvalue weighted by Crippen LogP contribution is -1.93. The van der Waals surface area contributed by atoms with Gasteiger partial charge in [0.05, 0.1) is 0 Å². The predicted octanol–water partition coefficient (Wildman–Crippen LogP) is 3.17. The second-order valence-corrected chi connectivity index (χ2v) is 5.51. The Kier molecular flexibility index (Phi) is 2.91. The molecule has 3 aromatic rings. The van der Waals surface area contributed by atoms with Crippen molar-refractivity contribution >= 4 is 29.4 Å². The molecule has 5 nitrogen and oxygen atoms in total. The molecule has 0 unspecified atom stereocenters. The van der Waals surface area contributed by atoms with Gasteiger partial charge in [-0.15, -0.1) is 0 Å². The summed E-state index contributed by atoms with van der Waals surface area (Å²) in [6.07, 6.45) is 0. The van der Waals surface area contributed by atoms with Crippen molar-refractivity contribution in [3.8, 4) is 11.5 Å². The van der Waals surface area contributed by atoms with E-state index in [0.29, 0.717) is 10.8 Å². The van der Waals surface area contributed by atoms with Crippen LogP contribution in [0.25, 0.3) is 21.5 Å². The minimum Gasteiger partial charge on any atom is -0.504 e. The third-order valence-corrected chi connectivity index (χ3v) is 3.49. The number of rotatable bonds is 2. The molecule has 0 aliphatic heterocycles. The van der Waals surface area contributed by atoms with E-state index < -0.39 is 7.82 Å². The molecule has 0 aliphatic carbocycles. The van der Waals surface area contributed by atoms with Gasteiger partial charge in [0.1, 0.15) is 0 Å². The highest BCUT2D eigenvalue weighted by molar-refractivity contribution is 7.46. The van der Waals surface area contributed by atoms with Gasteiger partial charge in [-0.25, -0.2) is 4.57 Å². The molecular weight excluding hydrogens is 279 g/mol. The summed E-state index contributed by atoms with van der Waals surface area (Å²) in [6.45, 7) is 0. The minimum absolute atomic E-state index is 0.201. The molecule has 0 radical (unpaired) electrons. The van der Waals surface area contributed by atoms with Crippen molar-refractivity contribution in [1.29, 1.82) is 0 Å². The van der Waals surface area contributed by atoms with Gasteiger partial charge in [0.15, 0.2) is 11.5 Å². The standard InChI is InChI=1S/C14H11O5P/c15-13-11-7-3-1-5-9(11)10-6-2-4-8-12(10)14(13)19-20(16,17)18/h1-8,15H,(H2,16,17,18). The molecule has 0 amide bonds. The van der Waals surface area contributed by atoms with Crippen LogP contribution in [0, 0.1) is 0 Å². The second kappa shape index (κ2) is 4.49. The van der Waals surface area contributed by atoms with Crippen molar-refractivity contribution in [3.63, 3.8) is 0 Å². The zero-order chi connectivity index (χ0) is 14.3. The van der Waals surface area contributed by atoms with Crippen molar-refractivity contribution in [2.45, 2.75) is 0 Å². The van der Waals surface area contributed by atoms with Gasteiger partial charge < -0.3 is 9.63 Å². The number of benzene rings is 3. The quantitative estimate of drug-likeness (QED) is 0.498. The Labute approximate surface area is 114 Å². The Bertz CT molecular complexity index is 853. The maximum atomic E-state index is 11.1. The molecule has 3 rings (SSSR count). The Balaban J connectivity index is 2.48. The number of phosphoric ester groups is 1. The zero-order valence-electron chi connectivity index (χ0n) is 10.2. The number of fused-ring (bicyclic) bond motifs is 3. The fraction of sp³-hybridized carbons (Fsp3) is 0. The first-order valence-electron chi connectivity index (χ1n) is 5.85. The fourth-order valence-electron chi connectivity index (χ4n) is 2.30. The maximum Gasteiger partial charge on any atom is 0.524 e. The molecule has 20 heavy (non-hydrogen) atoms. The van der Waals surface area contributed by atoms with Crippen molar-refractivity contribution in [1.82, 2.24) is 0 Å². The third kappa shape index (κ3) is 2.12. The molecule has 3 N–H and O–H groups in total. The first-order chi connectivity index (χ1) is 9.47. The lowest BCUT2D eigenvalue weighted by atomic mass is 10.0. The van der Waals surface area contributed by atoms with Crippen LogP contribution in [0.15, 0.2) is 48.5 Å². The highest BCUT2D eigenvalue weighted by Crippen LogP contribution is 2.48. The molecule has 0 saturated heterocycles. The largest absolute Gasteiger partial charge is 0.524 e. The van der Waals surface area contributed by atoms with Gasteiger partial charge in [-0.1, -0.05) is 48.5 Å². The summed E-state index contributed by atoms with van der Waals surface area (Å²) in [7, 11) is -4.76. The lowest BCUT2D eigenvalue weighted by molar-refractivity contribution is 0.279. The van der Waals surface area contributed by atoms with E-state index in [1.807, 2.05) is 24.3 Å². The lowest BCUT2D eigenvalue weighted by Gasteiger charge is -2.14. The fourth-order valence-corrected chi connectivity index (χ4v) is 2.72. The molecule has 0 bridgehead atoms. The highest BCUT2D eigenvalue weighted by atomic mass is 31.2. The van der Waals surface area contributed by atoms with E-state index in [1.165, 1.54) is 0 Å². The normalized spacial score (nSPS) is 11.9. The monoisotopic (exact) mass is 290 g/mol. The number of phenols is 1. The maximum absolute atomic E-state index is 11.1.